The van der Waals surface area contributed by atoms with Gasteiger partial charge in [-0.3, -0.25) is 4.79 Å². The van der Waals surface area contributed by atoms with E-state index in [1.807, 2.05) is 0 Å². The van der Waals surface area contributed by atoms with Gasteiger partial charge in [0.25, 0.3) is 10.0 Å². The maximum atomic E-state index is 12.3. The Morgan fingerprint density at radius 3 is 2.37 bits per heavy atom. The zero-order valence-electron chi connectivity index (χ0n) is 14.6. The first kappa shape index (κ1) is 20.1. The van der Waals surface area contributed by atoms with Crippen molar-refractivity contribution in [1.82, 2.24) is 9.97 Å². The molecule has 27 heavy (non-hydrogen) atoms. The minimum Gasteiger partial charge on any atom is -0.464 e. The standard InChI is InChI=1S/C16H17N5O5S/c1-3-26-15(23)14(11(2)22)20-19-12-5-7-13(8-6-12)27(24,25)21-16-17-9-4-10-18-16/h4-10,14H,3H2,1-2H3,(H,17,18,21)/b20-19+. The van der Waals surface area contributed by atoms with Crippen molar-refractivity contribution < 1.29 is 22.7 Å². The second-order valence-corrected chi connectivity index (χ2v) is 6.83. The van der Waals surface area contributed by atoms with Gasteiger partial charge in [-0.25, -0.2) is 27.9 Å². The molecule has 0 aliphatic heterocycles. The van der Waals surface area contributed by atoms with Crippen LogP contribution in [0.25, 0.3) is 0 Å². The second kappa shape index (κ2) is 8.94. The summed E-state index contributed by atoms with van der Waals surface area (Å²) in [5.41, 5.74) is 0.264. The Hall–Kier alpha value is -3.21. The van der Waals surface area contributed by atoms with E-state index in [1.54, 1.807) is 13.0 Å². The van der Waals surface area contributed by atoms with Crippen LogP contribution in [-0.2, 0) is 24.3 Å². The first-order valence-electron chi connectivity index (χ1n) is 7.81. The van der Waals surface area contributed by atoms with Crippen LogP contribution < -0.4 is 4.72 Å². The van der Waals surface area contributed by atoms with Crippen LogP contribution in [0.2, 0.25) is 0 Å². The topological polar surface area (TPSA) is 140 Å². The van der Waals surface area contributed by atoms with Gasteiger partial charge in [0.1, 0.15) is 0 Å². The van der Waals surface area contributed by atoms with Gasteiger partial charge in [0, 0.05) is 12.4 Å². The quantitative estimate of drug-likeness (QED) is 0.411. The Morgan fingerprint density at radius 2 is 1.81 bits per heavy atom. The number of benzene rings is 1. The number of carbonyl (C=O) groups excluding carboxylic acids is 2. The maximum Gasteiger partial charge on any atom is 0.340 e. The first-order chi connectivity index (χ1) is 12.8. The summed E-state index contributed by atoms with van der Waals surface area (Å²) < 4.78 is 31.6. The molecule has 0 saturated heterocycles. The van der Waals surface area contributed by atoms with Crippen LogP contribution in [0.5, 0.6) is 0 Å². The summed E-state index contributed by atoms with van der Waals surface area (Å²) in [6.45, 7) is 2.93. The van der Waals surface area contributed by atoms with E-state index < -0.39 is 27.8 Å². The number of ketones is 1. The molecule has 0 amide bonds. The second-order valence-electron chi connectivity index (χ2n) is 5.15. The van der Waals surface area contributed by atoms with Gasteiger partial charge in [-0.1, -0.05) is 0 Å². The van der Waals surface area contributed by atoms with Gasteiger partial charge in [0.05, 0.1) is 17.2 Å². The van der Waals surface area contributed by atoms with Crippen molar-refractivity contribution in [2.45, 2.75) is 24.8 Å². The van der Waals surface area contributed by atoms with E-state index >= 15 is 0 Å². The molecule has 1 heterocycles. The molecular weight excluding hydrogens is 374 g/mol. The first-order valence-corrected chi connectivity index (χ1v) is 9.29. The molecule has 0 saturated carbocycles. The fraction of sp³-hybridized carbons (Fsp3) is 0.250. The summed E-state index contributed by atoms with van der Waals surface area (Å²) >= 11 is 0. The predicted octanol–water partition coefficient (Wildman–Crippen LogP) is 1.88. The lowest BCUT2D eigenvalue weighted by atomic mass is 10.2. The molecule has 0 spiro atoms. The number of sulfonamides is 1. The molecular formula is C16H17N5O5S. The van der Waals surface area contributed by atoms with E-state index in [-0.39, 0.29) is 23.1 Å². The highest BCUT2D eigenvalue weighted by atomic mass is 32.2. The number of esters is 1. The highest BCUT2D eigenvalue weighted by Crippen LogP contribution is 2.19. The van der Waals surface area contributed by atoms with Crippen molar-refractivity contribution in [2.75, 3.05) is 11.3 Å². The number of anilines is 1. The molecule has 142 valence electrons. The third-order valence-electron chi connectivity index (χ3n) is 3.12. The van der Waals surface area contributed by atoms with Crippen molar-refractivity contribution in [1.29, 1.82) is 0 Å². The maximum absolute atomic E-state index is 12.3. The van der Waals surface area contributed by atoms with Crippen LogP contribution in [0.15, 0.2) is 57.8 Å². The number of nitrogens with zero attached hydrogens (tertiary/aromatic N) is 4. The number of nitrogens with one attached hydrogen (secondary N) is 1. The molecule has 11 heteroatoms. The lowest BCUT2D eigenvalue weighted by Gasteiger charge is -2.07. The van der Waals surface area contributed by atoms with E-state index in [0.29, 0.717) is 0 Å². The van der Waals surface area contributed by atoms with Crippen LogP contribution in [0.4, 0.5) is 11.6 Å². The summed E-state index contributed by atoms with van der Waals surface area (Å²) in [6.07, 6.45) is 2.81. The molecule has 2 rings (SSSR count). The monoisotopic (exact) mass is 391 g/mol. The minimum atomic E-state index is -3.87. The largest absolute Gasteiger partial charge is 0.464 e. The SMILES string of the molecule is CCOC(=O)C(/N=N/c1ccc(S(=O)(=O)Nc2ncccn2)cc1)C(C)=O. The number of rotatable bonds is 8. The van der Waals surface area contributed by atoms with E-state index in [4.69, 9.17) is 4.74 Å². The summed E-state index contributed by atoms with van der Waals surface area (Å²) in [7, 11) is -3.87. The number of hydrogen-bond donors (Lipinski definition) is 1. The Morgan fingerprint density at radius 1 is 1.19 bits per heavy atom. The van der Waals surface area contributed by atoms with Gasteiger partial charge in [0.2, 0.25) is 12.0 Å². The fourth-order valence-corrected chi connectivity index (χ4v) is 2.82. The van der Waals surface area contributed by atoms with Crippen LogP contribution in [0.1, 0.15) is 13.8 Å². The van der Waals surface area contributed by atoms with E-state index in [9.17, 15) is 18.0 Å². The average molecular weight is 391 g/mol. The molecule has 1 aromatic heterocycles. The minimum absolute atomic E-state index is 0.0394. The van der Waals surface area contributed by atoms with Crippen molar-refractivity contribution in [3.05, 3.63) is 42.7 Å². The Balaban J connectivity index is 2.14. The van der Waals surface area contributed by atoms with E-state index in [1.165, 1.54) is 43.6 Å². The number of carbonyl (C=O) groups is 2. The fourth-order valence-electron chi connectivity index (χ4n) is 1.86. The Labute approximate surface area is 155 Å². The molecule has 0 fully saturated rings. The van der Waals surface area contributed by atoms with Gasteiger partial charge >= 0.3 is 5.97 Å². The molecule has 10 nitrogen and oxygen atoms in total. The number of azo groups is 1. The number of aromatic nitrogens is 2. The molecule has 0 aliphatic carbocycles. The Kier molecular flexibility index (Phi) is 6.66. The van der Waals surface area contributed by atoms with Crippen LogP contribution in [-0.4, -0.2) is 42.8 Å². The number of Topliss-reactive ketones (excluding diaryl/α,β-unsaturated/α-hetero) is 1. The van der Waals surface area contributed by atoms with Gasteiger partial charge in [-0.05, 0) is 44.2 Å². The average Bonchev–Trinajstić information content (AvgIpc) is 2.63. The molecule has 0 aliphatic rings. The molecule has 2 aromatic rings. The molecule has 1 aromatic carbocycles. The normalized spacial score (nSPS) is 12.5. The van der Waals surface area contributed by atoms with Crippen molar-refractivity contribution in [2.24, 2.45) is 10.2 Å². The van der Waals surface area contributed by atoms with Crippen LogP contribution in [0.3, 0.4) is 0 Å². The summed E-state index contributed by atoms with van der Waals surface area (Å²) in [4.78, 5) is 30.7. The predicted molar refractivity (Wildman–Crippen MR) is 94.9 cm³/mol. The van der Waals surface area contributed by atoms with Gasteiger partial charge in [0.15, 0.2) is 5.78 Å². The highest BCUT2D eigenvalue weighted by Gasteiger charge is 2.24. The zero-order chi connectivity index (χ0) is 19.9. The van der Waals surface area contributed by atoms with Gasteiger partial charge in [-0.15, -0.1) is 0 Å². The molecule has 0 bridgehead atoms. The van der Waals surface area contributed by atoms with Crippen molar-refractivity contribution in [3.8, 4) is 0 Å². The molecule has 1 N–H and O–H groups in total. The number of hydrogen-bond acceptors (Lipinski definition) is 9. The third-order valence-corrected chi connectivity index (χ3v) is 4.47. The van der Waals surface area contributed by atoms with E-state index in [2.05, 4.69) is 24.9 Å². The van der Waals surface area contributed by atoms with Crippen LogP contribution >= 0.6 is 0 Å². The Bertz CT molecular complexity index is 929. The molecule has 1 unspecified atom stereocenters. The van der Waals surface area contributed by atoms with Crippen molar-refractivity contribution in [3.63, 3.8) is 0 Å². The molecule has 0 radical (unpaired) electrons. The van der Waals surface area contributed by atoms with Crippen LogP contribution in [0, 0.1) is 0 Å². The summed E-state index contributed by atoms with van der Waals surface area (Å²) in [5.74, 6) is -1.36. The van der Waals surface area contributed by atoms with E-state index in [0.717, 1.165) is 0 Å². The molecule has 1 atom stereocenters. The smallest absolute Gasteiger partial charge is 0.340 e. The third kappa shape index (κ3) is 5.64. The lowest BCUT2D eigenvalue weighted by molar-refractivity contribution is -0.147. The summed E-state index contributed by atoms with van der Waals surface area (Å²) in [5, 5.41) is 7.49. The zero-order valence-corrected chi connectivity index (χ0v) is 15.4. The number of ether oxygens (including phenoxy) is 1. The van der Waals surface area contributed by atoms with Gasteiger partial charge in [-0.2, -0.15) is 10.2 Å². The highest BCUT2D eigenvalue weighted by molar-refractivity contribution is 7.92. The lowest BCUT2D eigenvalue weighted by Crippen LogP contribution is -2.28. The summed E-state index contributed by atoms with van der Waals surface area (Å²) in [6, 6.07) is 5.56. The van der Waals surface area contributed by atoms with Gasteiger partial charge < -0.3 is 4.74 Å². The van der Waals surface area contributed by atoms with Crippen molar-refractivity contribution >= 4 is 33.4 Å².